The van der Waals surface area contributed by atoms with Gasteiger partial charge in [0.2, 0.25) is 5.91 Å². The number of nitrogens with one attached hydrogen (secondary N) is 2. The van der Waals surface area contributed by atoms with E-state index < -0.39 is 11.2 Å². The Hall–Kier alpha value is -3.34. The Balaban J connectivity index is 1.82. The molecule has 1 saturated carbocycles. The third-order valence-electron chi connectivity index (χ3n) is 4.76. The van der Waals surface area contributed by atoms with Gasteiger partial charge in [-0.25, -0.2) is 4.79 Å². The van der Waals surface area contributed by atoms with Crippen LogP contribution in [-0.4, -0.2) is 15.0 Å². The van der Waals surface area contributed by atoms with Crippen LogP contribution in [0.25, 0.3) is 0 Å². The second kappa shape index (κ2) is 7.11. The first kappa shape index (κ1) is 18.5. The van der Waals surface area contributed by atoms with Gasteiger partial charge in [0, 0.05) is 31.7 Å². The normalized spacial score (nSPS) is 14.3. The van der Waals surface area contributed by atoms with E-state index in [2.05, 4.69) is 10.6 Å². The van der Waals surface area contributed by atoms with Crippen molar-refractivity contribution in [3.8, 4) is 6.07 Å². The molecule has 1 fully saturated rings. The summed E-state index contributed by atoms with van der Waals surface area (Å²) in [4.78, 5) is 36.1. The predicted octanol–water partition coefficient (Wildman–Crippen LogP) is 1.48. The van der Waals surface area contributed by atoms with Crippen LogP contribution in [0.15, 0.2) is 33.9 Å². The van der Waals surface area contributed by atoms with E-state index in [1.54, 1.807) is 0 Å². The summed E-state index contributed by atoms with van der Waals surface area (Å²) < 4.78 is 2.16. The van der Waals surface area contributed by atoms with E-state index in [0.717, 1.165) is 28.7 Å². The van der Waals surface area contributed by atoms with Gasteiger partial charge >= 0.3 is 5.69 Å². The second-order valence-corrected chi connectivity index (χ2v) is 6.79. The summed E-state index contributed by atoms with van der Waals surface area (Å²) in [5.74, 6) is 0.364. The van der Waals surface area contributed by atoms with Crippen LogP contribution in [0.1, 0.15) is 36.9 Å². The van der Waals surface area contributed by atoms with Crippen LogP contribution >= 0.6 is 0 Å². The maximum Gasteiger partial charge on any atom is 0.332 e. The maximum atomic E-state index is 12.2. The average molecular weight is 367 g/mol. The lowest BCUT2D eigenvalue weighted by Crippen LogP contribution is -2.40. The summed E-state index contributed by atoms with van der Waals surface area (Å²) in [6.07, 6.45) is 1.89. The van der Waals surface area contributed by atoms with Crippen molar-refractivity contribution in [1.82, 2.24) is 9.13 Å². The van der Waals surface area contributed by atoms with Crippen molar-refractivity contribution in [3.63, 3.8) is 0 Å². The van der Waals surface area contributed by atoms with Crippen molar-refractivity contribution >= 4 is 17.4 Å². The first-order chi connectivity index (χ1) is 12.8. The molecular formula is C19H21N5O3. The van der Waals surface area contributed by atoms with Crippen molar-refractivity contribution in [1.29, 1.82) is 5.26 Å². The minimum Gasteiger partial charge on any atom is -0.364 e. The minimum absolute atomic E-state index is 0.0442. The highest BCUT2D eigenvalue weighted by atomic mass is 16.2. The molecule has 0 aliphatic heterocycles. The molecule has 1 unspecified atom stereocenters. The van der Waals surface area contributed by atoms with Crippen LogP contribution in [0.5, 0.6) is 0 Å². The van der Waals surface area contributed by atoms with E-state index in [0.29, 0.717) is 0 Å². The first-order valence-corrected chi connectivity index (χ1v) is 8.71. The second-order valence-electron chi connectivity index (χ2n) is 6.79. The number of benzene rings is 1. The number of hydrogen-bond donors (Lipinski definition) is 2. The highest BCUT2D eigenvalue weighted by Crippen LogP contribution is 2.30. The lowest BCUT2D eigenvalue weighted by Gasteiger charge is -2.19. The third kappa shape index (κ3) is 3.62. The molecule has 8 nitrogen and oxygen atoms in total. The summed E-state index contributed by atoms with van der Waals surface area (Å²) in [6, 6.07) is 8.93. The van der Waals surface area contributed by atoms with Gasteiger partial charge in [-0.15, -0.1) is 0 Å². The van der Waals surface area contributed by atoms with E-state index in [1.165, 1.54) is 18.7 Å². The van der Waals surface area contributed by atoms with Gasteiger partial charge in [0.05, 0.1) is 0 Å². The molecule has 1 aliphatic rings. The molecule has 2 N–H and O–H groups in total. The number of aromatic nitrogens is 2. The molecule has 1 atom stereocenters. The van der Waals surface area contributed by atoms with E-state index in [-0.39, 0.29) is 29.2 Å². The summed E-state index contributed by atoms with van der Waals surface area (Å²) in [7, 11) is 2.85. The van der Waals surface area contributed by atoms with Gasteiger partial charge in [-0.05, 0) is 37.5 Å². The van der Waals surface area contributed by atoms with Gasteiger partial charge in [0.1, 0.15) is 11.9 Å². The number of amides is 1. The minimum atomic E-state index is -0.631. The molecule has 0 bridgehead atoms. The fourth-order valence-electron chi connectivity index (χ4n) is 2.85. The number of hydrogen-bond acceptors (Lipinski definition) is 5. The standard InChI is InChI=1S/C19H21N5O3/c1-11(12-6-8-14(9-7-12)22-17(25)13-4-5-13)21-16-15(10-20)18(26)24(3)19(27)23(16)2/h6-9,11,13,21H,4-5H2,1-3H3,(H,22,25). The smallest absolute Gasteiger partial charge is 0.332 e. The fraction of sp³-hybridized carbons (Fsp3) is 0.368. The Morgan fingerprint density at radius 3 is 2.37 bits per heavy atom. The van der Waals surface area contributed by atoms with Gasteiger partial charge in [-0.1, -0.05) is 12.1 Å². The molecule has 1 aromatic carbocycles. The molecule has 3 rings (SSSR count). The molecule has 8 heteroatoms. The highest BCUT2D eigenvalue weighted by Gasteiger charge is 2.29. The fourth-order valence-corrected chi connectivity index (χ4v) is 2.85. The number of anilines is 2. The van der Waals surface area contributed by atoms with Crippen LogP contribution in [0.3, 0.4) is 0 Å². The van der Waals surface area contributed by atoms with Gasteiger partial charge in [0.25, 0.3) is 5.56 Å². The van der Waals surface area contributed by atoms with Gasteiger partial charge in [-0.3, -0.25) is 18.7 Å². The van der Waals surface area contributed by atoms with Crippen molar-refractivity contribution in [3.05, 3.63) is 56.2 Å². The predicted molar refractivity (Wildman–Crippen MR) is 101 cm³/mol. The molecule has 2 aromatic rings. The topological polar surface area (TPSA) is 109 Å². The van der Waals surface area contributed by atoms with Gasteiger partial charge < -0.3 is 10.6 Å². The van der Waals surface area contributed by atoms with E-state index >= 15 is 0 Å². The number of nitrogens with zero attached hydrogens (tertiary/aromatic N) is 3. The quantitative estimate of drug-likeness (QED) is 0.832. The Morgan fingerprint density at radius 1 is 1.19 bits per heavy atom. The average Bonchev–Trinajstić information content (AvgIpc) is 3.50. The zero-order chi connectivity index (χ0) is 19.7. The van der Waals surface area contributed by atoms with Crippen LogP contribution in [-0.2, 0) is 18.9 Å². The molecule has 0 spiro atoms. The summed E-state index contributed by atoms with van der Waals surface area (Å²) in [6.45, 7) is 1.86. The number of rotatable bonds is 5. The van der Waals surface area contributed by atoms with Gasteiger partial charge in [0.15, 0.2) is 5.56 Å². The Bertz CT molecular complexity index is 1040. The largest absolute Gasteiger partial charge is 0.364 e. The molecule has 1 aliphatic carbocycles. The van der Waals surface area contributed by atoms with Crippen molar-refractivity contribution in [2.45, 2.75) is 25.8 Å². The molecule has 1 heterocycles. The Labute approximate surface area is 156 Å². The number of carbonyl (C=O) groups excluding carboxylic acids is 1. The molecule has 1 amide bonds. The van der Waals surface area contributed by atoms with Crippen LogP contribution < -0.4 is 21.9 Å². The van der Waals surface area contributed by atoms with Crippen molar-refractivity contribution < 1.29 is 4.79 Å². The number of carbonyl (C=O) groups is 1. The summed E-state index contributed by atoms with van der Waals surface area (Å²) in [5, 5.41) is 15.3. The van der Waals surface area contributed by atoms with E-state index in [1.807, 2.05) is 37.3 Å². The van der Waals surface area contributed by atoms with Crippen LogP contribution in [0.2, 0.25) is 0 Å². The molecule has 27 heavy (non-hydrogen) atoms. The highest BCUT2D eigenvalue weighted by molar-refractivity contribution is 5.94. The lowest BCUT2D eigenvalue weighted by molar-refractivity contribution is -0.117. The zero-order valence-electron chi connectivity index (χ0n) is 15.4. The molecule has 0 radical (unpaired) electrons. The maximum absolute atomic E-state index is 12.2. The molecule has 1 aromatic heterocycles. The van der Waals surface area contributed by atoms with E-state index in [4.69, 9.17) is 0 Å². The van der Waals surface area contributed by atoms with Crippen molar-refractivity contribution in [2.75, 3.05) is 10.6 Å². The molecule has 0 saturated heterocycles. The summed E-state index contributed by atoms with van der Waals surface area (Å²) in [5.41, 5.74) is 0.359. The van der Waals surface area contributed by atoms with Crippen molar-refractivity contribution in [2.24, 2.45) is 20.0 Å². The zero-order valence-corrected chi connectivity index (χ0v) is 15.4. The van der Waals surface area contributed by atoms with Crippen LogP contribution in [0, 0.1) is 17.2 Å². The molecular weight excluding hydrogens is 346 g/mol. The first-order valence-electron chi connectivity index (χ1n) is 8.71. The third-order valence-corrected chi connectivity index (χ3v) is 4.76. The SMILES string of the molecule is CC(Nc1c(C#N)c(=O)n(C)c(=O)n1C)c1ccc(NC(=O)C2CC2)cc1. The summed E-state index contributed by atoms with van der Waals surface area (Å²) >= 11 is 0. The Morgan fingerprint density at radius 2 is 1.81 bits per heavy atom. The number of nitriles is 1. The lowest BCUT2D eigenvalue weighted by atomic mass is 10.1. The monoisotopic (exact) mass is 367 g/mol. The van der Waals surface area contributed by atoms with Crippen LogP contribution in [0.4, 0.5) is 11.5 Å². The Kier molecular flexibility index (Phi) is 4.86. The van der Waals surface area contributed by atoms with E-state index in [9.17, 15) is 19.6 Å². The van der Waals surface area contributed by atoms with Gasteiger partial charge in [-0.2, -0.15) is 5.26 Å². The molecule has 140 valence electrons.